The molecule has 0 saturated heterocycles. The number of fused-ring (bicyclic) bond motifs is 3. The second kappa shape index (κ2) is 7.10. The largest absolute Gasteiger partial charge is 0.390 e. The van der Waals surface area contributed by atoms with Gasteiger partial charge in [0.25, 0.3) is 0 Å². The van der Waals surface area contributed by atoms with Gasteiger partial charge in [-0.25, -0.2) is 0 Å². The van der Waals surface area contributed by atoms with Crippen molar-refractivity contribution in [1.82, 2.24) is 9.88 Å². The molecule has 1 aromatic carbocycles. The second-order valence-corrected chi connectivity index (χ2v) is 11.6. The van der Waals surface area contributed by atoms with Crippen LogP contribution in [0, 0.1) is 30.6 Å². The molecule has 2 N–H and O–H groups in total. The van der Waals surface area contributed by atoms with Crippen molar-refractivity contribution in [2.75, 3.05) is 6.54 Å². The van der Waals surface area contributed by atoms with Gasteiger partial charge in [-0.2, -0.15) is 0 Å². The van der Waals surface area contributed by atoms with Crippen LogP contribution in [0.4, 0.5) is 0 Å². The fraction of sp³-hybridized carbons (Fsp3) is 0.704. The van der Waals surface area contributed by atoms with Crippen LogP contribution < -0.4 is 5.32 Å². The van der Waals surface area contributed by atoms with E-state index >= 15 is 0 Å². The molecule has 4 saturated carbocycles. The first-order valence-electron chi connectivity index (χ1n) is 12.5. The second-order valence-electron chi connectivity index (χ2n) is 11.6. The maximum atomic E-state index is 11.1. The van der Waals surface area contributed by atoms with Gasteiger partial charge in [-0.1, -0.05) is 18.6 Å². The summed E-state index contributed by atoms with van der Waals surface area (Å²) >= 11 is 0. The number of β-amino-alcohol motifs (C(OH)–C–C–N with tert-alkyl or cyclic N) is 1. The van der Waals surface area contributed by atoms with E-state index in [0.717, 1.165) is 43.2 Å². The molecule has 1 aromatic heterocycles. The molecule has 2 aromatic rings. The number of aromatic nitrogens is 1. The van der Waals surface area contributed by atoms with Crippen molar-refractivity contribution in [2.45, 2.75) is 89.8 Å². The highest BCUT2D eigenvalue weighted by molar-refractivity contribution is 5.86. The minimum atomic E-state index is -0.321. The number of nitrogens with one attached hydrogen (secondary N) is 1. The van der Waals surface area contributed by atoms with Gasteiger partial charge in [-0.05, 0) is 106 Å². The molecule has 0 aliphatic heterocycles. The van der Waals surface area contributed by atoms with Crippen LogP contribution in [0.5, 0.6) is 0 Å². The average molecular weight is 407 g/mol. The Morgan fingerprint density at radius 1 is 1.13 bits per heavy atom. The van der Waals surface area contributed by atoms with E-state index in [1.807, 2.05) is 0 Å². The summed E-state index contributed by atoms with van der Waals surface area (Å²) in [4.78, 5) is 0. The summed E-state index contributed by atoms with van der Waals surface area (Å²) < 4.78 is 2.46. The minimum Gasteiger partial charge on any atom is -0.390 e. The van der Waals surface area contributed by atoms with Crippen LogP contribution in [0.3, 0.4) is 0 Å². The molecule has 0 spiro atoms. The molecule has 4 fully saturated rings. The molecular weight excluding hydrogens is 368 g/mol. The summed E-state index contributed by atoms with van der Waals surface area (Å²) in [5.74, 6) is 3.62. The highest BCUT2D eigenvalue weighted by Crippen LogP contribution is 2.55. The van der Waals surface area contributed by atoms with Crippen LogP contribution in [-0.2, 0) is 19.4 Å². The zero-order valence-corrected chi connectivity index (χ0v) is 18.8. The maximum absolute atomic E-state index is 11.1. The molecular formula is C27H38N2O. The number of aryl methyl sites for hydroxylation is 1. The first-order chi connectivity index (χ1) is 14.5. The summed E-state index contributed by atoms with van der Waals surface area (Å²) in [6.45, 7) is 6.04. The van der Waals surface area contributed by atoms with Gasteiger partial charge in [0.05, 0.1) is 12.6 Å². The van der Waals surface area contributed by atoms with Crippen molar-refractivity contribution in [2.24, 2.45) is 23.7 Å². The smallest absolute Gasteiger partial charge is 0.0843 e. The molecule has 2 unspecified atom stereocenters. The number of rotatable bonds is 5. The van der Waals surface area contributed by atoms with E-state index in [2.05, 4.69) is 41.9 Å². The van der Waals surface area contributed by atoms with E-state index in [9.17, 15) is 5.11 Å². The molecule has 5 aliphatic carbocycles. The molecule has 30 heavy (non-hydrogen) atoms. The van der Waals surface area contributed by atoms with Gasteiger partial charge in [0, 0.05) is 28.7 Å². The third-order valence-corrected chi connectivity index (χ3v) is 9.01. The summed E-state index contributed by atoms with van der Waals surface area (Å²) in [6, 6.07) is 6.88. The zero-order valence-electron chi connectivity index (χ0n) is 18.8. The molecule has 0 amide bonds. The van der Waals surface area contributed by atoms with Crippen LogP contribution in [0.2, 0.25) is 0 Å². The van der Waals surface area contributed by atoms with Gasteiger partial charge < -0.3 is 15.0 Å². The number of aliphatic hydroxyl groups is 1. The average Bonchev–Trinajstić information content (AvgIpc) is 2.98. The quantitative estimate of drug-likeness (QED) is 0.734. The van der Waals surface area contributed by atoms with Crippen molar-refractivity contribution in [3.8, 4) is 0 Å². The van der Waals surface area contributed by atoms with Crippen LogP contribution in [0.25, 0.3) is 10.9 Å². The number of benzene rings is 1. The number of nitrogens with zero attached hydrogens (tertiary/aromatic N) is 1. The standard InChI is InChI=1S/C27H38N2O/c1-17-3-5-25-23(7-17)24-8-18(2)4-6-26(24)29(25)16-22(30)15-28-27-12-19-9-20(13-27)11-21(10-19)14-27/h3,5,7,18-22,28,30H,4,6,8-16H2,1-2H3. The van der Waals surface area contributed by atoms with Crippen LogP contribution in [-0.4, -0.2) is 27.9 Å². The lowest BCUT2D eigenvalue weighted by Gasteiger charge is -2.57. The minimum absolute atomic E-state index is 0.321. The molecule has 2 atom stereocenters. The van der Waals surface area contributed by atoms with E-state index in [4.69, 9.17) is 0 Å². The Morgan fingerprint density at radius 3 is 2.53 bits per heavy atom. The Morgan fingerprint density at radius 2 is 1.83 bits per heavy atom. The summed E-state index contributed by atoms with van der Waals surface area (Å²) in [5.41, 5.74) is 6.04. The third kappa shape index (κ3) is 3.24. The van der Waals surface area contributed by atoms with Gasteiger partial charge >= 0.3 is 0 Å². The van der Waals surface area contributed by atoms with E-state index in [0.29, 0.717) is 5.54 Å². The molecule has 3 heteroatoms. The number of hydrogen-bond donors (Lipinski definition) is 2. The Labute approximate surface area is 181 Å². The number of hydrogen-bond acceptors (Lipinski definition) is 2. The van der Waals surface area contributed by atoms with Crippen molar-refractivity contribution in [1.29, 1.82) is 0 Å². The van der Waals surface area contributed by atoms with Crippen LogP contribution >= 0.6 is 0 Å². The molecule has 3 nitrogen and oxygen atoms in total. The van der Waals surface area contributed by atoms with Gasteiger partial charge in [-0.15, -0.1) is 0 Å². The zero-order chi connectivity index (χ0) is 20.5. The summed E-state index contributed by atoms with van der Waals surface area (Å²) in [5, 5.41) is 16.5. The molecule has 1 heterocycles. The van der Waals surface area contributed by atoms with Crippen molar-refractivity contribution in [3.05, 3.63) is 35.0 Å². The van der Waals surface area contributed by atoms with E-state index < -0.39 is 0 Å². The lowest BCUT2D eigenvalue weighted by atomic mass is 9.53. The Hall–Kier alpha value is -1.32. The highest BCUT2D eigenvalue weighted by Gasteiger charge is 2.50. The molecule has 7 rings (SSSR count). The molecule has 4 bridgehead atoms. The number of aliphatic hydroxyl groups excluding tert-OH is 1. The topological polar surface area (TPSA) is 37.2 Å². The van der Waals surface area contributed by atoms with Crippen molar-refractivity contribution in [3.63, 3.8) is 0 Å². The third-order valence-electron chi connectivity index (χ3n) is 9.01. The van der Waals surface area contributed by atoms with Crippen LogP contribution in [0.15, 0.2) is 18.2 Å². The highest BCUT2D eigenvalue weighted by atomic mass is 16.3. The SMILES string of the molecule is Cc1ccc2c(c1)c1c(n2CC(O)CNC23CC4CC(CC(C4)C2)C3)CCC(C)C1. The Bertz CT molecular complexity index is 922. The first-order valence-corrected chi connectivity index (χ1v) is 12.5. The molecule has 5 aliphatic rings. The van der Waals surface area contributed by atoms with Gasteiger partial charge in [0.1, 0.15) is 0 Å². The first kappa shape index (κ1) is 19.4. The maximum Gasteiger partial charge on any atom is 0.0843 e. The molecule has 162 valence electrons. The van der Waals surface area contributed by atoms with Crippen molar-refractivity contribution < 1.29 is 5.11 Å². The van der Waals surface area contributed by atoms with E-state index in [-0.39, 0.29) is 6.10 Å². The monoisotopic (exact) mass is 406 g/mol. The van der Waals surface area contributed by atoms with Crippen LogP contribution in [0.1, 0.15) is 68.7 Å². The predicted octanol–water partition coefficient (Wildman–Crippen LogP) is 4.99. The fourth-order valence-corrected chi connectivity index (χ4v) is 8.08. The van der Waals surface area contributed by atoms with E-state index in [1.54, 1.807) is 5.56 Å². The van der Waals surface area contributed by atoms with Crippen molar-refractivity contribution >= 4 is 10.9 Å². The van der Waals surface area contributed by atoms with E-state index in [1.165, 1.54) is 73.5 Å². The van der Waals surface area contributed by atoms with Gasteiger partial charge in [-0.3, -0.25) is 0 Å². The Kier molecular flexibility index (Phi) is 4.58. The lowest BCUT2D eigenvalue weighted by molar-refractivity contribution is -0.0253. The molecule has 0 radical (unpaired) electrons. The normalized spacial score (nSPS) is 35.7. The Balaban J connectivity index is 1.21. The van der Waals surface area contributed by atoms with Gasteiger partial charge in [0.2, 0.25) is 0 Å². The summed E-state index contributed by atoms with van der Waals surface area (Å²) in [7, 11) is 0. The fourth-order valence-electron chi connectivity index (χ4n) is 8.08. The lowest BCUT2D eigenvalue weighted by Crippen LogP contribution is -2.59. The summed E-state index contributed by atoms with van der Waals surface area (Å²) in [6.07, 6.45) is 11.8. The van der Waals surface area contributed by atoms with Gasteiger partial charge in [0.15, 0.2) is 0 Å². The predicted molar refractivity (Wildman–Crippen MR) is 123 cm³/mol.